The van der Waals surface area contributed by atoms with Crippen molar-refractivity contribution in [3.05, 3.63) is 76.2 Å². The molecule has 4 aromatic heterocycles. The second-order valence-corrected chi connectivity index (χ2v) is 8.17. The van der Waals surface area contributed by atoms with Crippen LogP contribution in [-0.2, 0) is 0 Å². The highest BCUT2D eigenvalue weighted by molar-refractivity contribution is 9.11. The molecule has 0 radical (unpaired) electrons. The number of benzene rings is 2. The van der Waals surface area contributed by atoms with E-state index in [4.69, 9.17) is 4.98 Å². The molecule has 0 bridgehead atoms. The fourth-order valence-corrected chi connectivity index (χ4v) is 4.93. The van der Waals surface area contributed by atoms with Crippen molar-refractivity contribution in [3.63, 3.8) is 0 Å². The number of para-hydroxylation sites is 1. The van der Waals surface area contributed by atoms with Crippen LogP contribution in [0.25, 0.3) is 49.6 Å². The predicted molar refractivity (Wildman–Crippen MR) is 122 cm³/mol. The van der Waals surface area contributed by atoms with Gasteiger partial charge in [0.2, 0.25) is 0 Å². The summed E-state index contributed by atoms with van der Waals surface area (Å²) in [6, 6.07) is 20.5. The molecule has 0 aliphatic heterocycles. The minimum Gasteiger partial charge on any atom is -0.278 e. The average molecular weight is 505 g/mol. The van der Waals surface area contributed by atoms with Gasteiger partial charge in [-0.1, -0.05) is 24.3 Å². The van der Waals surface area contributed by atoms with E-state index in [1.807, 2.05) is 42.6 Å². The van der Waals surface area contributed by atoms with Crippen molar-refractivity contribution in [1.82, 2.24) is 24.5 Å². The Kier molecular flexibility index (Phi) is 3.69. The van der Waals surface area contributed by atoms with Gasteiger partial charge in [0.05, 0.1) is 11.0 Å². The van der Waals surface area contributed by atoms with Gasteiger partial charge in [0, 0.05) is 27.7 Å². The van der Waals surface area contributed by atoms with Gasteiger partial charge in [-0.15, -0.1) is 0 Å². The molecule has 0 aliphatic rings. The Morgan fingerprint density at radius 3 is 2.45 bits per heavy atom. The van der Waals surface area contributed by atoms with Gasteiger partial charge in [0.25, 0.3) is 0 Å². The summed E-state index contributed by atoms with van der Waals surface area (Å²) in [6.07, 6.45) is 1.82. The minimum absolute atomic E-state index is 0.523. The highest BCUT2D eigenvalue weighted by atomic mass is 79.9. The number of hydrogen-bond acceptors (Lipinski definition) is 4. The lowest BCUT2D eigenvalue weighted by Gasteiger charge is -2.09. The van der Waals surface area contributed by atoms with E-state index in [1.54, 1.807) is 0 Å². The number of pyridine rings is 2. The minimum atomic E-state index is 0.523. The summed E-state index contributed by atoms with van der Waals surface area (Å²) < 4.78 is 3.37. The van der Waals surface area contributed by atoms with Crippen LogP contribution in [0.15, 0.2) is 76.2 Å². The number of fused-ring (bicyclic) bond motifs is 6. The van der Waals surface area contributed by atoms with Crippen LogP contribution in [-0.4, -0.2) is 24.5 Å². The van der Waals surface area contributed by atoms with Gasteiger partial charge in [0.15, 0.2) is 4.73 Å². The maximum absolute atomic E-state index is 5.02. The number of halogens is 2. The van der Waals surface area contributed by atoms with E-state index >= 15 is 0 Å². The fourth-order valence-electron chi connectivity index (χ4n) is 3.85. The van der Waals surface area contributed by atoms with E-state index < -0.39 is 0 Å². The quantitative estimate of drug-likeness (QED) is 0.152. The van der Waals surface area contributed by atoms with Crippen molar-refractivity contribution < 1.29 is 0 Å². The molecule has 2 aromatic carbocycles. The fraction of sp³-hybridized carbons (Fsp3) is 0. The Balaban J connectivity index is 1.75. The summed E-state index contributed by atoms with van der Waals surface area (Å²) in [5.41, 5.74) is 3.58. The lowest BCUT2D eigenvalue weighted by molar-refractivity contribution is 1.07. The van der Waals surface area contributed by atoms with Crippen LogP contribution in [0.3, 0.4) is 0 Å². The standard InChI is InChI=1S/C22H11Br2N5/c23-20-15-9-7-12-8-10-17(26-18(12)19(15)27-22(24)28-20)29-16-6-2-1-4-13(16)14-5-3-11-25-21(14)29/h1-11H. The van der Waals surface area contributed by atoms with Crippen LogP contribution in [0.1, 0.15) is 0 Å². The first-order valence-electron chi connectivity index (χ1n) is 8.98. The normalized spacial score (nSPS) is 11.8. The van der Waals surface area contributed by atoms with Gasteiger partial charge in [-0.05, 0) is 68.3 Å². The van der Waals surface area contributed by atoms with Gasteiger partial charge in [0.1, 0.15) is 21.6 Å². The molecule has 0 saturated carbocycles. The summed E-state index contributed by atoms with van der Waals surface area (Å²) in [5.74, 6) is 0.806. The van der Waals surface area contributed by atoms with E-state index in [2.05, 4.69) is 75.6 Å². The highest BCUT2D eigenvalue weighted by Crippen LogP contribution is 2.32. The summed E-state index contributed by atoms with van der Waals surface area (Å²) in [4.78, 5) is 18.6. The zero-order valence-corrected chi connectivity index (χ0v) is 18.0. The van der Waals surface area contributed by atoms with Crippen LogP contribution in [0.5, 0.6) is 0 Å². The third-order valence-electron chi connectivity index (χ3n) is 5.10. The van der Waals surface area contributed by atoms with E-state index in [1.165, 1.54) is 0 Å². The summed E-state index contributed by atoms with van der Waals surface area (Å²) in [7, 11) is 0. The molecule has 0 fully saturated rings. The van der Waals surface area contributed by atoms with E-state index in [-0.39, 0.29) is 0 Å². The third-order valence-corrected chi connectivity index (χ3v) is 6.06. The van der Waals surface area contributed by atoms with Crippen molar-refractivity contribution in [1.29, 1.82) is 0 Å². The van der Waals surface area contributed by atoms with Crippen LogP contribution in [0, 0.1) is 0 Å². The molecule has 5 nitrogen and oxygen atoms in total. The van der Waals surface area contributed by atoms with Gasteiger partial charge in [-0.2, -0.15) is 0 Å². The second kappa shape index (κ2) is 6.30. The predicted octanol–water partition coefficient (Wildman–Crippen LogP) is 6.20. The molecule has 6 rings (SSSR count). The van der Waals surface area contributed by atoms with Gasteiger partial charge in [-0.3, -0.25) is 4.57 Å². The number of nitrogens with zero attached hydrogens (tertiary/aromatic N) is 5. The monoisotopic (exact) mass is 503 g/mol. The number of rotatable bonds is 1. The maximum atomic E-state index is 5.02. The van der Waals surface area contributed by atoms with Crippen molar-refractivity contribution in [2.75, 3.05) is 0 Å². The summed E-state index contributed by atoms with van der Waals surface area (Å²) in [6.45, 7) is 0. The van der Waals surface area contributed by atoms with Crippen molar-refractivity contribution in [3.8, 4) is 5.82 Å². The average Bonchev–Trinajstić information content (AvgIpc) is 3.08. The van der Waals surface area contributed by atoms with Crippen LogP contribution < -0.4 is 0 Å². The van der Waals surface area contributed by atoms with Crippen LogP contribution >= 0.6 is 31.9 Å². The Morgan fingerprint density at radius 2 is 1.52 bits per heavy atom. The molecular weight excluding hydrogens is 494 g/mol. The third kappa shape index (κ3) is 2.51. The van der Waals surface area contributed by atoms with Crippen LogP contribution in [0.2, 0.25) is 0 Å². The van der Waals surface area contributed by atoms with Crippen LogP contribution in [0.4, 0.5) is 0 Å². The Morgan fingerprint density at radius 1 is 0.690 bits per heavy atom. The first-order chi connectivity index (χ1) is 14.2. The molecule has 6 aromatic rings. The SMILES string of the molecule is Brc1nc(Br)c2ccc3ccc(-n4c5ccccc5c5cccnc54)nc3c2n1. The molecule has 0 atom stereocenters. The summed E-state index contributed by atoms with van der Waals surface area (Å²) in [5, 5.41) is 4.21. The van der Waals surface area contributed by atoms with Gasteiger partial charge < -0.3 is 0 Å². The van der Waals surface area contributed by atoms with E-state index in [0.29, 0.717) is 4.73 Å². The molecule has 0 saturated heterocycles. The molecule has 138 valence electrons. The number of hydrogen-bond donors (Lipinski definition) is 0. The number of aromatic nitrogens is 5. The largest absolute Gasteiger partial charge is 0.278 e. The first-order valence-corrected chi connectivity index (χ1v) is 10.6. The Labute approximate surface area is 181 Å². The Bertz CT molecular complexity index is 1540. The molecule has 0 aliphatic carbocycles. The summed E-state index contributed by atoms with van der Waals surface area (Å²) >= 11 is 6.93. The molecular formula is C22H11Br2N5. The molecule has 0 amide bonds. The van der Waals surface area contributed by atoms with Crippen molar-refractivity contribution in [2.24, 2.45) is 0 Å². The van der Waals surface area contributed by atoms with Gasteiger partial charge >= 0.3 is 0 Å². The molecule has 0 unspecified atom stereocenters. The van der Waals surface area contributed by atoms with Crippen molar-refractivity contribution >= 4 is 75.6 Å². The lowest BCUT2D eigenvalue weighted by atomic mass is 10.1. The maximum Gasteiger partial charge on any atom is 0.198 e. The molecule has 29 heavy (non-hydrogen) atoms. The Hall–Kier alpha value is -2.90. The smallest absolute Gasteiger partial charge is 0.198 e. The lowest BCUT2D eigenvalue weighted by Crippen LogP contribution is -1.99. The highest BCUT2D eigenvalue weighted by Gasteiger charge is 2.15. The zero-order chi connectivity index (χ0) is 19.5. The molecule has 7 heteroatoms. The first kappa shape index (κ1) is 17.0. The second-order valence-electron chi connectivity index (χ2n) is 6.71. The van der Waals surface area contributed by atoms with Crippen molar-refractivity contribution in [2.45, 2.75) is 0 Å². The van der Waals surface area contributed by atoms with Gasteiger partial charge in [-0.25, -0.2) is 19.9 Å². The molecule has 0 spiro atoms. The zero-order valence-electron chi connectivity index (χ0n) is 14.8. The van der Waals surface area contributed by atoms with E-state index in [9.17, 15) is 0 Å². The topological polar surface area (TPSA) is 56.5 Å². The molecule has 0 N–H and O–H groups in total. The van der Waals surface area contributed by atoms with E-state index in [0.717, 1.165) is 54.2 Å². The molecule has 4 heterocycles.